The van der Waals surface area contributed by atoms with Crippen molar-refractivity contribution in [1.82, 2.24) is 0 Å². The van der Waals surface area contributed by atoms with Crippen LogP contribution < -0.4 is 0 Å². The Morgan fingerprint density at radius 3 is 0.628 bits per heavy atom. The van der Waals surface area contributed by atoms with Crippen molar-refractivity contribution in [3.05, 3.63) is 315 Å². The molecule has 0 amide bonds. The number of rotatable bonds is 10. The second-order valence-electron chi connectivity index (χ2n) is 20.3. The molecule has 78 heavy (non-hydrogen) atoms. The molecule has 0 bridgehead atoms. The minimum atomic E-state index is 1.17. The van der Waals surface area contributed by atoms with Crippen molar-refractivity contribution >= 4 is 32.3 Å². The minimum absolute atomic E-state index is 1.17. The predicted octanol–water partition coefficient (Wildman–Crippen LogP) is 21.8. The number of hydrogen-bond donors (Lipinski definition) is 0. The number of hydrogen-bond acceptors (Lipinski definition) is 0. The summed E-state index contributed by atoms with van der Waals surface area (Å²) in [6.07, 6.45) is 0. The largest absolute Gasteiger partial charge is 0.0622 e. The van der Waals surface area contributed by atoms with E-state index in [2.05, 4.69) is 315 Å². The van der Waals surface area contributed by atoms with Crippen LogP contribution in [0.25, 0.3) is 144 Å². The van der Waals surface area contributed by atoms with Crippen LogP contribution in [-0.2, 0) is 0 Å². The van der Waals surface area contributed by atoms with E-state index in [9.17, 15) is 0 Å². The summed E-state index contributed by atoms with van der Waals surface area (Å²) >= 11 is 0. The smallest absolute Gasteiger partial charge is 0.00137 e. The van der Waals surface area contributed by atoms with Gasteiger partial charge in [0, 0.05) is 0 Å². The van der Waals surface area contributed by atoms with Gasteiger partial charge in [0.25, 0.3) is 0 Å². The number of fused-ring (bicyclic) bond motifs is 3. The summed E-state index contributed by atoms with van der Waals surface area (Å²) in [6, 6.07) is 116. The molecule has 0 atom stereocenters. The van der Waals surface area contributed by atoms with Gasteiger partial charge in [-0.2, -0.15) is 0 Å². The second kappa shape index (κ2) is 20.2. The minimum Gasteiger partial charge on any atom is -0.0622 e. The monoisotopic (exact) mass is 988 g/mol. The lowest BCUT2D eigenvalue weighted by Gasteiger charge is -2.26. The van der Waals surface area contributed by atoms with Crippen molar-refractivity contribution in [2.75, 3.05) is 0 Å². The first-order chi connectivity index (χ1) is 38.7. The maximum atomic E-state index is 2.47. The van der Waals surface area contributed by atoms with E-state index >= 15 is 0 Å². The van der Waals surface area contributed by atoms with Crippen LogP contribution >= 0.6 is 0 Å². The van der Waals surface area contributed by atoms with Crippen LogP contribution in [0.4, 0.5) is 0 Å². The molecule has 364 valence electrons. The molecule has 0 N–H and O–H groups in total. The molecule has 0 aliphatic heterocycles. The zero-order chi connectivity index (χ0) is 51.8. The fraction of sp³-hybridized carbons (Fsp3) is 0. The van der Waals surface area contributed by atoms with Gasteiger partial charge < -0.3 is 0 Å². The first-order valence-electron chi connectivity index (χ1n) is 27.0. The van der Waals surface area contributed by atoms with Gasteiger partial charge in [-0.1, -0.05) is 279 Å². The van der Waals surface area contributed by atoms with Crippen LogP contribution in [0.5, 0.6) is 0 Å². The molecule has 14 aromatic rings. The van der Waals surface area contributed by atoms with Gasteiger partial charge >= 0.3 is 0 Å². The Kier molecular flexibility index (Phi) is 12.0. The summed E-state index contributed by atoms with van der Waals surface area (Å²) in [5.74, 6) is 0. The molecule has 14 rings (SSSR count). The summed E-state index contributed by atoms with van der Waals surface area (Å²) in [5.41, 5.74) is 23.8. The Morgan fingerprint density at radius 1 is 0.128 bits per heavy atom. The van der Waals surface area contributed by atoms with Gasteiger partial charge in [-0.3, -0.25) is 0 Å². The van der Waals surface area contributed by atoms with E-state index in [-0.39, 0.29) is 0 Å². The summed E-state index contributed by atoms with van der Waals surface area (Å²) in [4.78, 5) is 0. The second-order valence-corrected chi connectivity index (χ2v) is 20.3. The SMILES string of the molecule is c1ccc(-c2ccc(-c3cc(-c4ccccc4)c(-c4c5ccccc5c(-c5c(-c6ccccc6)cc(-c6ccc(-c7ccccc7)cc6)cc5-c5ccccc5)c5cc6ccccc6cc45)c(-c4ccccc4)c3)cc2)cc1. The Labute approximate surface area is 456 Å². The molecule has 0 spiro atoms. The van der Waals surface area contributed by atoms with E-state index in [0.717, 1.165) is 0 Å². The van der Waals surface area contributed by atoms with Crippen molar-refractivity contribution in [2.24, 2.45) is 0 Å². The number of benzene rings is 14. The lowest BCUT2D eigenvalue weighted by molar-refractivity contribution is 1.55. The lowest BCUT2D eigenvalue weighted by Crippen LogP contribution is -1.99. The Bertz CT molecular complexity index is 4040. The van der Waals surface area contributed by atoms with E-state index < -0.39 is 0 Å². The molecule has 0 aliphatic rings. The van der Waals surface area contributed by atoms with Gasteiger partial charge in [0.1, 0.15) is 0 Å². The summed E-state index contributed by atoms with van der Waals surface area (Å²) in [6.45, 7) is 0. The quantitative estimate of drug-likeness (QED) is 0.120. The lowest BCUT2D eigenvalue weighted by atomic mass is 9.77. The van der Waals surface area contributed by atoms with Gasteiger partial charge in [-0.05, 0) is 180 Å². The van der Waals surface area contributed by atoms with Crippen LogP contribution in [0.1, 0.15) is 0 Å². The van der Waals surface area contributed by atoms with Crippen molar-refractivity contribution in [3.63, 3.8) is 0 Å². The molecule has 0 aromatic heterocycles. The van der Waals surface area contributed by atoms with Crippen LogP contribution in [0.15, 0.2) is 315 Å². The third-order valence-electron chi connectivity index (χ3n) is 15.7. The summed E-state index contributed by atoms with van der Waals surface area (Å²) in [7, 11) is 0. The zero-order valence-corrected chi connectivity index (χ0v) is 43.0. The first kappa shape index (κ1) is 46.4. The van der Waals surface area contributed by atoms with Crippen LogP contribution in [-0.4, -0.2) is 0 Å². The third kappa shape index (κ3) is 8.56. The molecule has 14 aromatic carbocycles. The normalized spacial score (nSPS) is 11.3. The van der Waals surface area contributed by atoms with Crippen molar-refractivity contribution in [2.45, 2.75) is 0 Å². The maximum absolute atomic E-state index is 2.47. The Balaban J connectivity index is 1.10. The molecule has 0 aliphatic carbocycles. The van der Waals surface area contributed by atoms with Crippen LogP contribution in [0.2, 0.25) is 0 Å². The molecule has 0 fully saturated rings. The van der Waals surface area contributed by atoms with E-state index in [0.29, 0.717) is 0 Å². The summed E-state index contributed by atoms with van der Waals surface area (Å²) < 4.78 is 0. The highest BCUT2D eigenvalue weighted by Gasteiger charge is 2.27. The zero-order valence-electron chi connectivity index (χ0n) is 43.0. The van der Waals surface area contributed by atoms with Crippen molar-refractivity contribution in [3.8, 4) is 111 Å². The Morgan fingerprint density at radius 2 is 0.346 bits per heavy atom. The fourth-order valence-electron chi connectivity index (χ4n) is 11.9. The van der Waals surface area contributed by atoms with Crippen molar-refractivity contribution in [1.29, 1.82) is 0 Å². The topological polar surface area (TPSA) is 0 Å². The van der Waals surface area contributed by atoms with Gasteiger partial charge in [-0.25, -0.2) is 0 Å². The molecule has 0 radical (unpaired) electrons. The molecule has 0 heterocycles. The molecule has 0 heteroatoms. The molecule has 0 nitrogen and oxygen atoms in total. The molecule has 0 saturated heterocycles. The summed E-state index contributed by atoms with van der Waals surface area (Å²) in [5, 5.41) is 7.20. The molecular formula is C78H52. The average Bonchev–Trinajstić information content (AvgIpc) is 3.70. The van der Waals surface area contributed by atoms with Gasteiger partial charge in [-0.15, -0.1) is 0 Å². The highest BCUT2D eigenvalue weighted by atomic mass is 14.3. The predicted molar refractivity (Wildman–Crippen MR) is 333 cm³/mol. The van der Waals surface area contributed by atoms with Crippen LogP contribution in [0, 0.1) is 0 Å². The van der Waals surface area contributed by atoms with E-state index in [1.807, 2.05) is 0 Å². The highest BCUT2D eigenvalue weighted by molar-refractivity contribution is 6.27. The van der Waals surface area contributed by atoms with Gasteiger partial charge in [0.2, 0.25) is 0 Å². The van der Waals surface area contributed by atoms with Crippen molar-refractivity contribution < 1.29 is 0 Å². The first-order valence-corrected chi connectivity index (χ1v) is 27.0. The average molecular weight is 989 g/mol. The molecular weight excluding hydrogens is 937 g/mol. The molecule has 0 saturated carbocycles. The Hall–Kier alpha value is -10.1. The maximum Gasteiger partial charge on any atom is -0.00137 e. The van der Waals surface area contributed by atoms with Crippen LogP contribution in [0.3, 0.4) is 0 Å². The van der Waals surface area contributed by atoms with Gasteiger partial charge in [0.15, 0.2) is 0 Å². The van der Waals surface area contributed by atoms with Gasteiger partial charge in [0.05, 0.1) is 0 Å². The standard InChI is InChI=1S/C78H52/c1-7-23-53(24-8-1)55-39-43-57(44-40-55)65-49-69(59-27-11-3-12-28-59)77(70(50-65)60-29-13-4-14-30-60)75-67-37-21-22-38-68(67)76(74-48-64-36-20-19-35-63(64)47-73(74)75)78-71(61-31-15-5-16-32-61)51-66(52-72(78)62-33-17-6-18-34-62)58-45-41-56(42-46-58)54-25-9-2-10-26-54/h1-52H. The van der Waals surface area contributed by atoms with E-state index in [1.165, 1.54) is 144 Å². The third-order valence-corrected chi connectivity index (χ3v) is 15.7. The van der Waals surface area contributed by atoms with E-state index in [4.69, 9.17) is 0 Å². The fourth-order valence-corrected chi connectivity index (χ4v) is 11.9. The highest BCUT2D eigenvalue weighted by Crippen LogP contribution is 2.54. The molecule has 0 unspecified atom stereocenters. The van der Waals surface area contributed by atoms with E-state index in [1.54, 1.807) is 0 Å².